The van der Waals surface area contributed by atoms with E-state index < -0.39 is 0 Å². The molecule has 7 nitrogen and oxygen atoms in total. The lowest BCUT2D eigenvalue weighted by Crippen LogP contribution is -2.16. The highest BCUT2D eigenvalue weighted by molar-refractivity contribution is 7.09. The van der Waals surface area contributed by atoms with E-state index >= 15 is 0 Å². The van der Waals surface area contributed by atoms with E-state index in [-0.39, 0.29) is 5.91 Å². The monoisotopic (exact) mass is 420 g/mol. The van der Waals surface area contributed by atoms with Crippen LogP contribution in [0.3, 0.4) is 0 Å². The van der Waals surface area contributed by atoms with Crippen molar-refractivity contribution in [1.82, 2.24) is 19.9 Å². The lowest BCUT2D eigenvalue weighted by molar-refractivity contribution is -0.116. The van der Waals surface area contributed by atoms with Crippen molar-refractivity contribution in [3.05, 3.63) is 52.3 Å². The van der Waals surface area contributed by atoms with Gasteiger partial charge in [-0.15, -0.1) is 11.3 Å². The SMILES string of the molecule is CCCCC(=O)Nc1nc(NCc2cccs2)nc(C)c1-c1nc2ccccc2[nH]1. The average Bonchev–Trinajstić information content (AvgIpc) is 3.40. The summed E-state index contributed by atoms with van der Waals surface area (Å²) < 4.78 is 0. The normalized spacial score (nSPS) is 11.0. The van der Waals surface area contributed by atoms with Crippen molar-refractivity contribution in [2.24, 2.45) is 0 Å². The number of anilines is 2. The van der Waals surface area contributed by atoms with Gasteiger partial charge in [-0.05, 0) is 36.9 Å². The quantitative estimate of drug-likeness (QED) is 0.367. The van der Waals surface area contributed by atoms with Crippen LogP contribution in [0.15, 0.2) is 41.8 Å². The zero-order valence-corrected chi connectivity index (χ0v) is 17.8. The highest BCUT2D eigenvalue weighted by Gasteiger charge is 2.19. The summed E-state index contributed by atoms with van der Waals surface area (Å²) in [7, 11) is 0. The minimum absolute atomic E-state index is 0.0588. The van der Waals surface area contributed by atoms with Crippen LogP contribution in [0, 0.1) is 6.92 Å². The predicted molar refractivity (Wildman–Crippen MR) is 122 cm³/mol. The molecule has 1 aromatic carbocycles. The van der Waals surface area contributed by atoms with Crippen LogP contribution in [0.1, 0.15) is 36.8 Å². The smallest absolute Gasteiger partial charge is 0.225 e. The van der Waals surface area contributed by atoms with Gasteiger partial charge in [-0.25, -0.2) is 9.97 Å². The molecule has 4 rings (SSSR count). The van der Waals surface area contributed by atoms with E-state index in [1.54, 1.807) is 11.3 Å². The summed E-state index contributed by atoms with van der Waals surface area (Å²) in [5.41, 5.74) is 3.23. The minimum Gasteiger partial charge on any atom is -0.349 e. The van der Waals surface area contributed by atoms with Crippen LogP contribution >= 0.6 is 11.3 Å². The summed E-state index contributed by atoms with van der Waals surface area (Å²) in [5.74, 6) is 1.53. The first-order valence-electron chi connectivity index (χ1n) is 10.0. The van der Waals surface area contributed by atoms with Gasteiger partial charge in [0.2, 0.25) is 11.9 Å². The molecule has 0 aliphatic carbocycles. The number of imidazole rings is 1. The number of thiophene rings is 1. The number of fused-ring (bicyclic) bond motifs is 1. The Kier molecular flexibility index (Phi) is 6.04. The topological polar surface area (TPSA) is 95.6 Å². The molecule has 0 spiro atoms. The predicted octanol–water partition coefficient (Wildman–Crippen LogP) is 5.13. The molecule has 30 heavy (non-hydrogen) atoms. The summed E-state index contributed by atoms with van der Waals surface area (Å²) in [5, 5.41) is 8.27. The molecule has 0 saturated heterocycles. The summed E-state index contributed by atoms with van der Waals surface area (Å²) in [4.78, 5) is 30.9. The average molecular weight is 421 g/mol. The fourth-order valence-electron chi connectivity index (χ4n) is 3.21. The first kappa shape index (κ1) is 20.0. The molecule has 3 heterocycles. The lowest BCUT2D eigenvalue weighted by Gasteiger charge is -2.13. The van der Waals surface area contributed by atoms with Gasteiger partial charge in [-0.2, -0.15) is 4.98 Å². The molecule has 0 saturated carbocycles. The van der Waals surface area contributed by atoms with Crippen molar-refractivity contribution in [3.8, 4) is 11.4 Å². The third kappa shape index (κ3) is 4.49. The van der Waals surface area contributed by atoms with Crippen LogP contribution in [-0.2, 0) is 11.3 Å². The number of H-pyrrole nitrogens is 1. The Morgan fingerprint density at radius 1 is 1.13 bits per heavy atom. The number of aromatic nitrogens is 4. The fourth-order valence-corrected chi connectivity index (χ4v) is 3.85. The van der Waals surface area contributed by atoms with Gasteiger partial charge in [-0.3, -0.25) is 4.79 Å². The number of aryl methyl sites for hydroxylation is 1. The summed E-state index contributed by atoms with van der Waals surface area (Å²) in [6.07, 6.45) is 2.25. The molecule has 0 aliphatic heterocycles. The number of nitrogens with one attached hydrogen (secondary N) is 3. The second-order valence-electron chi connectivity index (χ2n) is 7.04. The molecule has 8 heteroatoms. The first-order valence-corrected chi connectivity index (χ1v) is 10.9. The lowest BCUT2D eigenvalue weighted by atomic mass is 10.2. The number of hydrogen-bond acceptors (Lipinski definition) is 6. The molecule has 0 aliphatic rings. The number of benzene rings is 1. The Hall–Kier alpha value is -3.26. The number of unbranched alkanes of at least 4 members (excludes halogenated alkanes) is 1. The number of aromatic amines is 1. The van der Waals surface area contributed by atoms with Crippen LogP contribution in [0.25, 0.3) is 22.4 Å². The molecule has 0 unspecified atom stereocenters. The molecule has 0 fully saturated rings. The van der Waals surface area contributed by atoms with Gasteiger partial charge in [0.15, 0.2) is 0 Å². The maximum Gasteiger partial charge on any atom is 0.225 e. The van der Waals surface area contributed by atoms with Crippen molar-refractivity contribution in [1.29, 1.82) is 0 Å². The second kappa shape index (κ2) is 9.04. The van der Waals surface area contributed by atoms with Gasteiger partial charge in [-0.1, -0.05) is 31.5 Å². The van der Waals surface area contributed by atoms with Crippen LogP contribution in [0.5, 0.6) is 0 Å². The van der Waals surface area contributed by atoms with E-state index in [1.165, 1.54) is 4.88 Å². The van der Waals surface area contributed by atoms with Crippen LogP contribution in [-0.4, -0.2) is 25.8 Å². The molecule has 0 bridgehead atoms. The zero-order valence-electron chi connectivity index (χ0n) is 17.0. The van der Waals surface area contributed by atoms with Gasteiger partial charge < -0.3 is 15.6 Å². The van der Waals surface area contributed by atoms with Gasteiger partial charge >= 0.3 is 0 Å². The van der Waals surface area contributed by atoms with Crippen molar-refractivity contribution < 1.29 is 4.79 Å². The highest BCUT2D eigenvalue weighted by Crippen LogP contribution is 2.30. The molecular formula is C22H24N6OS. The first-order chi connectivity index (χ1) is 14.6. The third-order valence-electron chi connectivity index (χ3n) is 4.73. The molecule has 0 radical (unpaired) electrons. The molecule has 1 amide bonds. The summed E-state index contributed by atoms with van der Waals surface area (Å²) in [6.45, 7) is 4.60. The fraction of sp³-hybridized carbons (Fsp3) is 0.273. The Bertz CT molecular complexity index is 1120. The van der Waals surface area contributed by atoms with E-state index in [9.17, 15) is 4.79 Å². The molecule has 3 N–H and O–H groups in total. The Labute approximate surface area is 179 Å². The molecule has 154 valence electrons. The van der Waals surface area contributed by atoms with Crippen molar-refractivity contribution in [2.45, 2.75) is 39.7 Å². The number of amides is 1. The van der Waals surface area contributed by atoms with Crippen LogP contribution < -0.4 is 10.6 Å². The van der Waals surface area contributed by atoms with Gasteiger partial charge in [0.25, 0.3) is 0 Å². The molecule has 4 aromatic rings. The van der Waals surface area contributed by atoms with E-state index in [0.29, 0.717) is 36.1 Å². The van der Waals surface area contributed by atoms with Crippen molar-refractivity contribution in [2.75, 3.05) is 10.6 Å². The Morgan fingerprint density at radius 3 is 2.77 bits per heavy atom. The van der Waals surface area contributed by atoms with E-state index in [0.717, 1.165) is 29.6 Å². The van der Waals surface area contributed by atoms with E-state index in [4.69, 9.17) is 0 Å². The number of hydrogen-bond donors (Lipinski definition) is 3. The third-order valence-corrected chi connectivity index (χ3v) is 5.61. The van der Waals surface area contributed by atoms with Gasteiger partial charge in [0.1, 0.15) is 11.6 Å². The van der Waals surface area contributed by atoms with E-state index in [2.05, 4.69) is 43.6 Å². The number of para-hydroxylation sites is 2. The largest absolute Gasteiger partial charge is 0.349 e. The minimum atomic E-state index is -0.0588. The maximum absolute atomic E-state index is 12.5. The number of rotatable bonds is 8. The second-order valence-corrected chi connectivity index (χ2v) is 8.08. The van der Waals surface area contributed by atoms with Crippen LogP contribution in [0.2, 0.25) is 0 Å². The molecular weight excluding hydrogens is 396 g/mol. The van der Waals surface area contributed by atoms with Crippen molar-refractivity contribution >= 4 is 40.0 Å². The zero-order chi connectivity index (χ0) is 20.9. The Balaban J connectivity index is 1.70. The molecule has 3 aromatic heterocycles. The maximum atomic E-state index is 12.5. The number of nitrogens with zero attached hydrogens (tertiary/aromatic N) is 3. The van der Waals surface area contributed by atoms with Gasteiger partial charge in [0.05, 0.1) is 28.8 Å². The van der Waals surface area contributed by atoms with Gasteiger partial charge in [0, 0.05) is 11.3 Å². The summed E-state index contributed by atoms with van der Waals surface area (Å²) in [6, 6.07) is 11.9. The number of carbonyl (C=O) groups is 1. The van der Waals surface area contributed by atoms with E-state index in [1.807, 2.05) is 42.6 Å². The molecule has 0 atom stereocenters. The highest BCUT2D eigenvalue weighted by atomic mass is 32.1. The van der Waals surface area contributed by atoms with Crippen molar-refractivity contribution in [3.63, 3.8) is 0 Å². The van der Waals surface area contributed by atoms with Crippen LogP contribution in [0.4, 0.5) is 11.8 Å². The Morgan fingerprint density at radius 2 is 2.00 bits per heavy atom. The number of carbonyl (C=O) groups excluding carboxylic acids is 1. The standard InChI is InChI=1S/C22H24N6OS/c1-3-4-11-18(29)27-21-19(20-25-16-9-5-6-10-17(16)26-20)14(2)24-22(28-21)23-13-15-8-7-12-30-15/h5-10,12H,3-4,11,13H2,1-2H3,(H,25,26)(H2,23,24,27,28,29). The summed E-state index contributed by atoms with van der Waals surface area (Å²) >= 11 is 1.67.